The first kappa shape index (κ1) is 25.1. The largest absolute Gasteiger partial charge is 0.493 e. The number of thioether (sulfide) groups is 1. The van der Waals surface area contributed by atoms with E-state index in [0.29, 0.717) is 42.3 Å². The number of methoxy groups -OCH3 is 1. The summed E-state index contributed by atoms with van der Waals surface area (Å²) in [4.78, 5) is 18.4. The molecule has 3 aromatic rings. The summed E-state index contributed by atoms with van der Waals surface area (Å²) in [6, 6.07) is 12.4. The molecule has 1 aromatic heterocycles. The van der Waals surface area contributed by atoms with Crippen LogP contribution in [0.5, 0.6) is 5.75 Å². The fourth-order valence-corrected chi connectivity index (χ4v) is 4.95. The highest BCUT2D eigenvalue weighted by atomic mass is 32.2. The highest BCUT2D eigenvalue weighted by Crippen LogP contribution is 2.31. The molecule has 0 saturated carbocycles. The maximum Gasteiger partial charge on any atom is 0.416 e. The number of ether oxygens (including phenoxy) is 2. The summed E-state index contributed by atoms with van der Waals surface area (Å²) in [7, 11) is 1.40. The lowest BCUT2D eigenvalue weighted by atomic mass is 10.1. The second-order valence-electron chi connectivity index (χ2n) is 8.06. The number of oxazole rings is 1. The van der Waals surface area contributed by atoms with Crippen LogP contribution in [0.2, 0.25) is 0 Å². The van der Waals surface area contributed by atoms with E-state index in [0.717, 1.165) is 30.0 Å². The number of rotatable bonds is 8. The lowest BCUT2D eigenvalue weighted by Crippen LogP contribution is -2.34. The zero-order valence-corrected chi connectivity index (χ0v) is 20.1. The van der Waals surface area contributed by atoms with Crippen molar-refractivity contribution in [3.8, 4) is 17.2 Å². The van der Waals surface area contributed by atoms with E-state index in [2.05, 4.69) is 9.88 Å². The Bertz CT molecular complexity index is 1150. The number of nitrogens with zero attached hydrogens (tertiary/aromatic N) is 2. The van der Waals surface area contributed by atoms with Crippen molar-refractivity contribution < 1.29 is 31.9 Å². The molecule has 2 aromatic carbocycles. The molecule has 0 N–H and O–H groups in total. The Balaban J connectivity index is 1.30. The van der Waals surface area contributed by atoms with Gasteiger partial charge in [-0.25, -0.2) is 9.78 Å². The van der Waals surface area contributed by atoms with E-state index in [-0.39, 0.29) is 17.2 Å². The van der Waals surface area contributed by atoms with E-state index in [9.17, 15) is 18.0 Å². The maximum atomic E-state index is 12.8. The van der Waals surface area contributed by atoms with Crippen LogP contribution in [0.3, 0.4) is 0 Å². The van der Waals surface area contributed by atoms with Crippen molar-refractivity contribution in [2.45, 2.75) is 31.4 Å². The fourth-order valence-electron chi connectivity index (χ4n) is 3.76. The zero-order chi connectivity index (χ0) is 25.0. The summed E-state index contributed by atoms with van der Waals surface area (Å²) in [5.74, 6) is 2.25. The molecule has 1 atom stereocenters. The lowest BCUT2D eigenvalue weighted by Gasteiger charge is -2.21. The van der Waals surface area contributed by atoms with Crippen molar-refractivity contribution >= 4 is 17.7 Å². The van der Waals surface area contributed by atoms with Crippen LogP contribution in [0, 0.1) is 6.92 Å². The molecule has 0 amide bonds. The van der Waals surface area contributed by atoms with Crippen LogP contribution in [0.4, 0.5) is 13.2 Å². The number of carbonyl (C=O) groups excluding carboxylic acids is 1. The zero-order valence-electron chi connectivity index (χ0n) is 19.3. The average Bonchev–Trinajstić information content (AvgIpc) is 3.46. The molecule has 1 unspecified atom stereocenters. The quantitative estimate of drug-likeness (QED) is 0.382. The van der Waals surface area contributed by atoms with Crippen molar-refractivity contribution in [3.63, 3.8) is 0 Å². The van der Waals surface area contributed by atoms with Crippen molar-refractivity contribution in [1.29, 1.82) is 0 Å². The van der Waals surface area contributed by atoms with Gasteiger partial charge in [0.25, 0.3) is 0 Å². The number of halogens is 3. The van der Waals surface area contributed by atoms with Gasteiger partial charge in [0, 0.05) is 30.8 Å². The molecule has 2 heterocycles. The van der Waals surface area contributed by atoms with Crippen molar-refractivity contribution in [1.82, 2.24) is 9.88 Å². The van der Waals surface area contributed by atoms with Gasteiger partial charge in [-0.2, -0.15) is 13.2 Å². The second-order valence-corrected chi connectivity index (χ2v) is 9.24. The van der Waals surface area contributed by atoms with E-state index in [1.54, 1.807) is 18.7 Å². The number of carbonyl (C=O) groups is 1. The molecule has 1 fully saturated rings. The molecule has 6 nitrogen and oxygen atoms in total. The second kappa shape index (κ2) is 10.7. The topological polar surface area (TPSA) is 64.8 Å². The van der Waals surface area contributed by atoms with E-state index in [1.165, 1.54) is 19.2 Å². The third-order valence-electron chi connectivity index (χ3n) is 5.66. The Hall–Kier alpha value is -2.98. The summed E-state index contributed by atoms with van der Waals surface area (Å²) in [5, 5.41) is -0.269. The summed E-state index contributed by atoms with van der Waals surface area (Å²) in [5.41, 5.74) is 1.53. The number of aromatic nitrogens is 1. The van der Waals surface area contributed by atoms with Crippen LogP contribution in [0.15, 0.2) is 52.9 Å². The maximum absolute atomic E-state index is 12.8. The number of alkyl halides is 3. The van der Waals surface area contributed by atoms with Crippen LogP contribution in [0.25, 0.3) is 11.5 Å². The van der Waals surface area contributed by atoms with Gasteiger partial charge in [-0.05, 0) is 48.9 Å². The molecule has 4 rings (SSSR count). The minimum atomic E-state index is -4.38. The molecule has 35 heavy (non-hydrogen) atoms. The molecular weight excluding hydrogens is 481 g/mol. The van der Waals surface area contributed by atoms with Gasteiger partial charge < -0.3 is 13.9 Å². The average molecular weight is 507 g/mol. The Morgan fingerprint density at radius 1 is 1.17 bits per heavy atom. The number of esters is 1. The smallest absolute Gasteiger partial charge is 0.416 e. The number of aryl methyl sites for hydroxylation is 1. The van der Waals surface area contributed by atoms with Crippen LogP contribution < -0.4 is 4.74 Å². The summed E-state index contributed by atoms with van der Waals surface area (Å²) < 4.78 is 54.7. The highest BCUT2D eigenvalue weighted by Gasteiger charge is 2.32. The molecule has 10 heteroatoms. The van der Waals surface area contributed by atoms with Crippen molar-refractivity contribution in [2.75, 3.05) is 26.0 Å². The number of benzene rings is 2. The minimum absolute atomic E-state index is 0.225. The number of hydrogen-bond acceptors (Lipinski definition) is 7. The van der Waals surface area contributed by atoms with Gasteiger partial charge >= 0.3 is 12.1 Å². The standard InChI is InChI=1S/C25H25F3N2O4S/c1-16-21(29-22(34-16)18-5-7-19(8-6-18)25(26,27)28)11-13-33-20-9-3-17(4-10-20)15-30-12-14-35-23(30)24(31)32-2/h3-10,23H,11-15H2,1-2H3. The van der Waals surface area contributed by atoms with E-state index in [1.807, 2.05) is 24.3 Å². The van der Waals surface area contributed by atoms with Gasteiger partial charge in [0.05, 0.1) is 25.0 Å². The van der Waals surface area contributed by atoms with Gasteiger partial charge in [-0.3, -0.25) is 4.90 Å². The predicted octanol–water partition coefficient (Wildman–Crippen LogP) is 5.34. The molecule has 1 aliphatic rings. The molecule has 0 radical (unpaired) electrons. The fraction of sp³-hybridized carbons (Fsp3) is 0.360. The Kier molecular flexibility index (Phi) is 7.71. The van der Waals surface area contributed by atoms with Crippen LogP contribution in [-0.4, -0.2) is 47.2 Å². The molecule has 186 valence electrons. The molecule has 0 aliphatic carbocycles. The van der Waals surface area contributed by atoms with Gasteiger partial charge in [-0.1, -0.05) is 12.1 Å². The van der Waals surface area contributed by atoms with Gasteiger partial charge in [-0.15, -0.1) is 11.8 Å². The van der Waals surface area contributed by atoms with Crippen molar-refractivity contribution in [2.24, 2.45) is 0 Å². The third-order valence-corrected chi connectivity index (χ3v) is 6.88. The van der Waals surface area contributed by atoms with Gasteiger partial charge in [0.1, 0.15) is 11.5 Å². The molecule has 1 aliphatic heterocycles. The van der Waals surface area contributed by atoms with Crippen molar-refractivity contribution in [3.05, 3.63) is 71.1 Å². The number of hydrogen-bond donors (Lipinski definition) is 0. The first-order valence-electron chi connectivity index (χ1n) is 11.0. The Morgan fingerprint density at radius 2 is 1.89 bits per heavy atom. The predicted molar refractivity (Wildman–Crippen MR) is 126 cm³/mol. The highest BCUT2D eigenvalue weighted by molar-refractivity contribution is 8.00. The SMILES string of the molecule is COC(=O)C1SCCN1Cc1ccc(OCCc2nc(-c3ccc(C(F)(F)F)cc3)oc2C)cc1. The van der Waals surface area contributed by atoms with Crippen LogP contribution in [-0.2, 0) is 28.7 Å². The van der Waals surface area contributed by atoms with E-state index in [4.69, 9.17) is 13.9 Å². The third kappa shape index (κ3) is 6.18. The molecular formula is C25H25F3N2O4S. The summed E-state index contributed by atoms with van der Waals surface area (Å²) >= 11 is 1.59. The monoisotopic (exact) mass is 506 g/mol. The van der Waals surface area contributed by atoms with E-state index < -0.39 is 11.7 Å². The molecule has 1 saturated heterocycles. The Labute approximate surface area is 205 Å². The van der Waals surface area contributed by atoms with Gasteiger partial charge in [0.15, 0.2) is 5.37 Å². The minimum Gasteiger partial charge on any atom is -0.493 e. The molecule has 0 spiro atoms. The normalized spacial score (nSPS) is 16.4. The first-order valence-corrected chi connectivity index (χ1v) is 12.1. The van der Waals surface area contributed by atoms with E-state index >= 15 is 0 Å². The first-order chi connectivity index (χ1) is 16.7. The lowest BCUT2D eigenvalue weighted by molar-refractivity contribution is -0.143. The van der Waals surface area contributed by atoms with Crippen LogP contribution >= 0.6 is 11.8 Å². The Morgan fingerprint density at radius 3 is 2.54 bits per heavy atom. The van der Waals surface area contributed by atoms with Crippen LogP contribution in [0.1, 0.15) is 22.6 Å². The molecule has 0 bridgehead atoms. The summed E-state index contributed by atoms with van der Waals surface area (Å²) in [6.07, 6.45) is -3.89. The van der Waals surface area contributed by atoms with Gasteiger partial charge in [0.2, 0.25) is 5.89 Å². The summed E-state index contributed by atoms with van der Waals surface area (Å²) in [6.45, 7) is 3.61.